The molecule has 4 heteroatoms. The first kappa shape index (κ1) is 14.4. The summed E-state index contributed by atoms with van der Waals surface area (Å²) in [6.45, 7) is 5.52. The monoisotopic (exact) mass is 215 g/mol. The molecule has 15 heavy (non-hydrogen) atoms. The van der Waals surface area contributed by atoms with E-state index in [1.165, 1.54) is 0 Å². The van der Waals surface area contributed by atoms with Gasteiger partial charge in [0.15, 0.2) is 0 Å². The molecule has 90 valence electrons. The van der Waals surface area contributed by atoms with Crippen molar-refractivity contribution in [1.82, 2.24) is 10.2 Å². The quantitative estimate of drug-likeness (QED) is 0.647. The van der Waals surface area contributed by atoms with E-state index in [0.29, 0.717) is 31.5 Å². The van der Waals surface area contributed by atoms with Gasteiger partial charge in [-0.05, 0) is 39.9 Å². The molecule has 0 aromatic rings. The van der Waals surface area contributed by atoms with Gasteiger partial charge < -0.3 is 16.0 Å². The number of carbonyl (C=O) groups is 1. The number of nitrogens with two attached hydrogens (primary N) is 1. The molecule has 0 aliphatic heterocycles. The molecule has 0 heterocycles. The van der Waals surface area contributed by atoms with Crippen LogP contribution in [0.15, 0.2) is 0 Å². The lowest BCUT2D eigenvalue weighted by Crippen LogP contribution is -2.38. The molecule has 4 nitrogen and oxygen atoms in total. The number of nitrogens with one attached hydrogen (secondary N) is 1. The van der Waals surface area contributed by atoms with E-state index >= 15 is 0 Å². The molecule has 2 unspecified atom stereocenters. The Balaban J connectivity index is 3.58. The lowest BCUT2D eigenvalue weighted by molar-refractivity contribution is -0.121. The molecule has 0 radical (unpaired) electrons. The van der Waals surface area contributed by atoms with Gasteiger partial charge in [0.1, 0.15) is 0 Å². The zero-order valence-electron chi connectivity index (χ0n) is 10.4. The fraction of sp³-hybridized carbons (Fsp3) is 0.909. The third-order valence-corrected chi connectivity index (χ3v) is 2.74. The summed E-state index contributed by atoms with van der Waals surface area (Å²) in [7, 11) is 4.01. The van der Waals surface area contributed by atoms with Crippen LogP contribution in [-0.2, 0) is 4.79 Å². The van der Waals surface area contributed by atoms with E-state index in [9.17, 15) is 4.79 Å². The van der Waals surface area contributed by atoms with Crippen LogP contribution >= 0.6 is 0 Å². The van der Waals surface area contributed by atoms with Gasteiger partial charge in [0, 0.05) is 19.0 Å². The van der Waals surface area contributed by atoms with Crippen molar-refractivity contribution in [3.63, 3.8) is 0 Å². The minimum atomic E-state index is 0.129. The standard InChI is InChI=1S/C11H25N3O/c1-9(7-12)5-6-11(15)13-8-10(2)14(3)4/h9-10H,5-8,12H2,1-4H3,(H,13,15). The van der Waals surface area contributed by atoms with Crippen molar-refractivity contribution in [3.05, 3.63) is 0 Å². The minimum absolute atomic E-state index is 0.129. The van der Waals surface area contributed by atoms with E-state index in [2.05, 4.69) is 24.1 Å². The number of hydrogen-bond donors (Lipinski definition) is 2. The zero-order valence-corrected chi connectivity index (χ0v) is 10.4. The van der Waals surface area contributed by atoms with Gasteiger partial charge >= 0.3 is 0 Å². The van der Waals surface area contributed by atoms with E-state index in [0.717, 1.165) is 6.42 Å². The summed E-state index contributed by atoms with van der Waals surface area (Å²) < 4.78 is 0. The number of amides is 1. The van der Waals surface area contributed by atoms with Crippen molar-refractivity contribution in [3.8, 4) is 0 Å². The molecule has 0 saturated carbocycles. The Morgan fingerprint density at radius 1 is 1.40 bits per heavy atom. The van der Waals surface area contributed by atoms with Crippen LogP contribution < -0.4 is 11.1 Å². The molecule has 0 fully saturated rings. The molecule has 0 spiro atoms. The van der Waals surface area contributed by atoms with E-state index in [1.807, 2.05) is 14.1 Å². The van der Waals surface area contributed by atoms with Crippen LogP contribution in [0, 0.1) is 5.92 Å². The maximum Gasteiger partial charge on any atom is 0.220 e. The van der Waals surface area contributed by atoms with E-state index in [1.54, 1.807) is 0 Å². The van der Waals surface area contributed by atoms with Crippen molar-refractivity contribution >= 4 is 5.91 Å². The SMILES string of the molecule is CC(CN)CCC(=O)NCC(C)N(C)C. The summed E-state index contributed by atoms with van der Waals surface area (Å²) in [6.07, 6.45) is 1.46. The molecule has 0 aromatic carbocycles. The molecule has 1 amide bonds. The third kappa shape index (κ3) is 7.33. The highest BCUT2D eigenvalue weighted by atomic mass is 16.1. The average molecular weight is 215 g/mol. The summed E-state index contributed by atoms with van der Waals surface area (Å²) in [5.74, 6) is 0.561. The number of hydrogen-bond acceptors (Lipinski definition) is 3. The Kier molecular flexibility index (Phi) is 7.34. The van der Waals surface area contributed by atoms with Crippen molar-refractivity contribution in [2.45, 2.75) is 32.7 Å². The maximum atomic E-state index is 11.4. The molecule has 0 bridgehead atoms. The van der Waals surface area contributed by atoms with Crippen LogP contribution in [-0.4, -0.2) is 44.0 Å². The van der Waals surface area contributed by atoms with E-state index < -0.39 is 0 Å². The van der Waals surface area contributed by atoms with Crippen molar-refractivity contribution in [1.29, 1.82) is 0 Å². The largest absolute Gasteiger partial charge is 0.355 e. The van der Waals surface area contributed by atoms with Crippen LogP contribution in [0.2, 0.25) is 0 Å². The molecule has 2 atom stereocenters. The predicted octanol–water partition coefficient (Wildman–Crippen LogP) is 0.428. The van der Waals surface area contributed by atoms with Gasteiger partial charge in [-0.25, -0.2) is 0 Å². The summed E-state index contributed by atoms with van der Waals surface area (Å²) in [4.78, 5) is 13.5. The fourth-order valence-electron chi connectivity index (χ4n) is 1.03. The zero-order chi connectivity index (χ0) is 11.8. The topological polar surface area (TPSA) is 58.4 Å². The van der Waals surface area contributed by atoms with Crippen LogP contribution in [0.1, 0.15) is 26.7 Å². The van der Waals surface area contributed by atoms with Gasteiger partial charge in [-0.3, -0.25) is 4.79 Å². The molecule has 0 aromatic heterocycles. The second-order valence-corrected chi connectivity index (χ2v) is 4.50. The van der Waals surface area contributed by atoms with Crippen LogP contribution in [0.4, 0.5) is 0 Å². The molecular formula is C11H25N3O. The Labute approximate surface area is 93.2 Å². The second kappa shape index (κ2) is 7.65. The Morgan fingerprint density at radius 3 is 2.47 bits per heavy atom. The minimum Gasteiger partial charge on any atom is -0.355 e. The normalized spacial score (nSPS) is 15.1. The van der Waals surface area contributed by atoms with E-state index in [4.69, 9.17) is 5.73 Å². The third-order valence-electron chi connectivity index (χ3n) is 2.74. The molecule has 0 aliphatic carbocycles. The maximum absolute atomic E-state index is 11.4. The van der Waals surface area contributed by atoms with Crippen molar-refractivity contribution in [2.75, 3.05) is 27.2 Å². The highest BCUT2D eigenvalue weighted by Crippen LogP contribution is 2.02. The summed E-state index contributed by atoms with van der Waals surface area (Å²) in [5.41, 5.74) is 5.48. The first-order valence-corrected chi connectivity index (χ1v) is 5.60. The number of nitrogens with zero attached hydrogens (tertiary/aromatic N) is 1. The summed E-state index contributed by atoms with van der Waals surface area (Å²) in [6, 6.07) is 0.376. The Hall–Kier alpha value is -0.610. The smallest absolute Gasteiger partial charge is 0.220 e. The fourth-order valence-corrected chi connectivity index (χ4v) is 1.03. The Bertz CT molecular complexity index is 183. The molecule has 3 N–H and O–H groups in total. The lowest BCUT2D eigenvalue weighted by atomic mass is 10.1. The molecular weight excluding hydrogens is 190 g/mol. The number of likely N-dealkylation sites (N-methyl/N-ethyl adjacent to an activating group) is 1. The van der Waals surface area contributed by atoms with Gasteiger partial charge in [-0.15, -0.1) is 0 Å². The van der Waals surface area contributed by atoms with E-state index in [-0.39, 0.29) is 5.91 Å². The van der Waals surface area contributed by atoms with Crippen LogP contribution in [0.5, 0.6) is 0 Å². The predicted molar refractivity (Wildman–Crippen MR) is 63.6 cm³/mol. The average Bonchev–Trinajstić information content (AvgIpc) is 2.21. The summed E-state index contributed by atoms with van der Waals surface area (Å²) in [5, 5.41) is 2.92. The highest BCUT2D eigenvalue weighted by molar-refractivity contribution is 5.75. The van der Waals surface area contributed by atoms with Crippen LogP contribution in [0.3, 0.4) is 0 Å². The van der Waals surface area contributed by atoms with Crippen LogP contribution in [0.25, 0.3) is 0 Å². The molecule has 0 aliphatic rings. The Morgan fingerprint density at radius 2 is 2.00 bits per heavy atom. The molecule has 0 rings (SSSR count). The first-order chi connectivity index (χ1) is 6.97. The van der Waals surface area contributed by atoms with Crippen molar-refractivity contribution < 1.29 is 4.79 Å². The second-order valence-electron chi connectivity index (χ2n) is 4.50. The highest BCUT2D eigenvalue weighted by Gasteiger charge is 2.08. The van der Waals surface area contributed by atoms with Gasteiger partial charge in [0.2, 0.25) is 5.91 Å². The van der Waals surface area contributed by atoms with Gasteiger partial charge in [0.05, 0.1) is 0 Å². The van der Waals surface area contributed by atoms with Gasteiger partial charge in [-0.2, -0.15) is 0 Å². The first-order valence-electron chi connectivity index (χ1n) is 5.60. The van der Waals surface area contributed by atoms with Crippen molar-refractivity contribution in [2.24, 2.45) is 11.7 Å². The lowest BCUT2D eigenvalue weighted by Gasteiger charge is -2.20. The molecule has 0 saturated heterocycles. The number of rotatable bonds is 7. The van der Waals surface area contributed by atoms with Gasteiger partial charge in [-0.1, -0.05) is 6.92 Å². The van der Waals surface area contributed by atoms with Gasteiger partial charge in [0.25, 0.3) is 0 Å². The summed E-state index contributed by atoms with van der Waals surface area (Å²) >= 11 is 0. The number of carbonyl (C=O) groups excluding carboxylic acids is 1.